The Morgan fingerprint density at radius 3 is 2.28 bits per heavy atom. The van der Waals surface area contributed by atoms with Crippen LogP contribution in [0.5, 0.6) is 0 Å². The van der Waals surface area contributed by atoms with Crippen molar-refractivity contribution in [1.29, 1.82) is 0 Å². The Morgan fingerprint density at radius 1 is 1.39 bits per heavy atom. The molecule has 0 aliphatic carbocycles. The number of carbonyl (C=O) groups excluding carboxylic acids is 1. The van der Waals surface area contributed by atoms with Gasteiger partial charge in [0.05, 0.1) is 5.92 Å². The highest BCUT2D eigenvalue weighted by Crippen LogP contribution is 2.27. The number of hydrogen-bond donors (Lipinski definition) is 3. The number of carboxylic acid groups (broad SMARTS) is 1. The molecule has 2 atom stereocenters. The first-order chi connectivity index (χ1) is 8.00. The normalized spacial score (nSPS) is 16.8. The third-order valence-electron chi connectivity index (χ3n) is 2.58. The molecular weight excluding hydrogens is 253 g/mol. The fourth-order valence-electron chi connectivity index (χ4n) is 1.05. The zero-order chi connectivity index (χ0) is 14.6. The van der Waals surface area contributed by atoms with Crippen molar-refractivity contribution in [3.8, 4) is 0 Å². The molecule has 0 aromatic carbocycles. The van der Waals surface area contributed by atoms with E-state index in [2.05, 4.69) is 0 Å². The highest BCUT2D eigenvalue weighted by Gasteiger charge is 2.53. The monoisotopic (exact) mass is 270 g/mol. The van der Waals surface area contributed by atoms with E-state index in [1.807, 2.05) is 5.32 Å². The van der Waals surface area contributed by atoms with Crippen LogP contribution in [0, 0.1) is 5.92 Å². The summed E-state index contributed by atoms with van der Waals surface area (Å²) in [6, 6.07) is 0. The number of nitrogens with one attached hydrogen (secondary N) is 1. The fraction of sp³-hybridized carbons (Fsp3) is 0.800. The van der Waals surface area contributed by atoms with E-state index in [1.54, 1.807) is 0 Å². The van der Waals surface area contributed by atoms with E-state index < -0.39 is 29.5 Å². The topological polar surface area (TPSA) is 92.4 Å². The number of halogens is 3. The highest BCUT2D eigenvalue weighted by atomic mass is 19.4. The van der Waals surface area contributed by atoms with Gasteiger partial charge in [0.1, 0.15) is 0 Å². The quantitative estimate of drug-likeness (QED) is 0.625. The second-order valence-electron chi connectivity index (χ2n) is 4.34. The summed E-state index contributed by atoms with van der Waals surface area (Å²) in [5.41, 5.74) is 1.96. The molecule has 0 bridgehead atoms. The van der Waals surface area contributed by atoms with Crippen molar-refractivity contribution in [2.24, 2.45) is 11.7 Å². The minimum absolute atomic E-state index is 0.0423. The van der Waals surface area contributed by atoms with Crippen LogP contribution in [0.2, 0.25) is 0 Å². The summed E-state index contributed by atoms with van der Waals surface area (Å²) in [5.74, 6) is -2.91. The first-order valence-corrected chi connectivity index (χ1v) is 5.37. The fourth-order valence-corrected chi connectivity index (χ4v) is 1.05. The van der Waals surface area contributed by atoms with Gasteiger partial charge < -0.3 is 16.2 Å². The molecule has 0 saturated heterocycles. The first kappa shape index (κ1) is 16.7. The van der Waals surface area contributed by atoms with Gasteiger partial charge in [0.25, 0.3) is 0 Å². The molecule has 0 aliphatic rings. The maximum atomic E-state index is 12.4. The van der Waals surface area contributed by atoms with E-state index in [4.69, 9.17) is 10.8 Å². The van der Waals surface area contributed by atoms with Crippen LogP contribution in [0.15, 0.2) is 0 Å². The predicted octanol–water partition coefficient (Wildman–Crippen LogP) is 0.883. The Morgan fingerprint density at radius 2 is 1.89 bits per heavy atom. The number of rotatable bonds is 6. The van der Waals surface area contributed by atoms with Gasteiger partial charge in [0.15, 0.2) is 5.54 Å². The summed E-state index contributed by atoms with van der Waals surface area (Å²) in [7, 11) is 0. The van der Waals surface area contributed by atoms with Gasteiger partial charge in [-0.05, 0) is 19.8 Å². The summed E-state index contributed by atoms with van der Waals surface area (Å²) >= 11 is 0. The molecule has 1 amide bonds. The van der Waals surface area contributed by atoms with Crippen molar-refractivity contribution < 1.29 is 27.9 Å². The molecule has 18 heavy (non-hydrogen) atoms. The van der Waals surface area contributed by atoms with E-state index in [-0.39, 0.29) is 19.4 Å². The first-order valence-electron chi connectivity index (χ1n) is 5.37. The SMILES string of the molecule is CC(CCCNC(=O)C(C)(N)C(F)(F)F)C(=O)O. The lowest BCUT2D eigenvalue weighted by Gasteiger charge is -2.26. The zero-order valence-electron chi connectivity index (χ0n) is 10.2. The van der Waals surface area contributed by atoms with Crippen molar-refractivity contribution in [3.63, 3.8) is 0 Å². The molecule has 8 heteroatoms. The molecule has 2 unspecified atom stereocenters. The molecule has 0 saturated carbocycles. The zero-order valence-corrected chi connectivity index (χ0v) is 10.2. The number of carboxylic acids is 1. The third kappa shape index (κ3) is 4.52. The van der Waals surface area contributed by atoms with Gasteiger partial charge in [-0.25, -0.2) is 0 Å². The van der Waals surface area contributed by atoms with Crippen molar-refractivity contribution in [1.82, 2.24) is 5.32 Å². The molecule has 0 aromatic rings. The van der Waals surface area contributed by atoms with E-state index in [0.29, 0.717) is 6.92 Å². The second kappa shape index (κ2) is 6.03. The Balaban J connectivity index is 4.10. The van der Waals surface area contributed by atoms with E-state index >= 15 is 0 Å². The molecule has 0 aliphatic heterocycles. The van der Waals surface area contributed by atoms with Gasteiger partial charge in [0.2, 0.25) is 5.91 Å². The lowest BCUT2D eigenvalue weighted by Crippen LogP contribution is -2.61. The molecule has 0 heterocycles. The van der Waals surface area contributed by atoms with Crippen LogP contribution in [0.4, 0.5) is 13.2 Å². The van der Waals surface area contributed by atoms with Crippen LogP contribution >= 0.6 is 0 Å². The molecule has 0 spiro atoms. The number of amides is 1. The van der Waals surface area contributed by atoms with Gasteiger partial charge in [0, 0.05) is 6.54 Å². The maximum absolute atomic E-state index is 12.4. The van der Waals surface area contributed by atoms with Crippen molar-refractivity contribution >= 4 is 11.9 Å². The Hall–Kier alpha value is -1.31. The van der Waals surface area contributed by atoms with Crippen LogP contribution in [0.25, 0.3) is 0 Å². The minimum atomic E-state index is -4.83. The van der Waals surface area contributed by atoms with Gasteiger partial charge >= 0.3 is 12.1 Å². The van der Waals surface area contributed by atoms with E-state index in [9.17, 15) is 22.8 Å². The highest BCUT2D eigenvalue weighted by molar-refractivity contribution is 5.86. The van der Waals surface area contributed by atoms with E-state index in [1.165, 1.54) is 6.92 Å². The molecule has 0 fully saturated rings. The van der Waals surface area contributed by atoms with Gasteiger partial charge in [-0.3, -0.25) is 9.59 Å². The van der Waals surface area contributed by atoms with E-state index in [0.717, 1.165) is 0 Å². The standard InChI is InChI=1S/C10H17F3N2O3/c1-6(7(16)17)4-3-5-15-8(18)9(2,14)10(11,12)13/h6H,3-5,14H2,1-2H3,(H,15,18)(H,16,17). The van der Waals surface area contributed by atoms with Crippen LogP contribution in [0.1, 0.15) is 26.7 Å². The largest absolute Gasteiger partial charge is 0.481 e. The van der Waals surface area contributed by atoms with Gasteiger partial charge in [-0.2, -0.15) is 13.2 Å². The van der Waals surface area contributed by atoms with Crippen LogP contribution < -0.4 is 11.1 Å². The minimum Gasteiger partial charge on any atom is -0.481 e. The van der Waals surface area contributed by atoms with Crippen molar-refractivity contribution in [2.45, 2.75) is 38.4 Å². The Kier molecular flexibility index (Phi) is 5.59. The predicted molar refractivity (Wildman–Crippen MR) is 57.7 cm³/mol. The molecule has 0 aromatic heterocycles. The number of aliphatic carboxylic acids is 1. The average Bonchev–Trinajstić information content (AvgIpc) is 2.21. The summed E-state index contributed by atoms with van der Waals surface area (Å²) < 4.78 is 37.1. The number of alkyl halides is 3. The Labute approximate surface area is 103 Å². The second-order valence-corrected chi connectivity index (χ2v) is 4.34. The van der Waals surface area contributed by atoms with Crippen molar-refractivity contribution in [3.05, 3.63) is 0 Å². The third-order valence-corrected chi connectivity index (χ3v) is 2.58. The average molecular weight is 270 g/mol. The molecule has 4 N–H and O–H groups in total. The number of carbonyl (C=O) groups is 2. The molecular formula is C10H17F3N2O3. The number of nitrogens with two attached hydrogens (primary N) is 1. The Bertz CT molecular complexity index is 316. The van der Waals surface area contributed by atoms with Crippen LogP contribution in [-0.2, 0) is 9.59 Å². The van der Waals surface area contributed by atoms with Gasteiger partial charge in [-0.15, -0.1) is 0 Å². The molecule has 106 valence electrons. The number of hydrogen-bond acceptors (Lipinski definition) is 3. The van der Waals surface area contributed by atoms with Gasteiger partial charge in [-0.1, -0.05) is 6.92 Å². The smallest absolute Gasteiger partial charge is 0.415 e. The summed E-state index contributed by atoms with van der Waals surface area (Å²) in [6.45, 7) is 2.02. The molecule has 5 nitrogen and oxygen atoms in total. The maximum Gasteiger partial charge on any atom is 0.415 e. The summed E-state index contributed by atoms with van der Waals surface area (Å²) in [5, 5.41) is 10.6. The summed E-state index contributed by atoms with van der Waals surface area (Å²) in [6.07, 6.45) is -4.29. The molecule has 0 radical (unpaired) electrons. The van der Waals surface area contributed by atoms with Crippen LogP contribution in [-0.4, -0.2) is 35.2 Å². The van der Waals surface area contributed by atoms with Crippen LogP contribution in [0.3, 0.4) is 0 Å². The lowest BCUT2D eigenvalue weighted by atomic mass is 10.0. The lowest BCUT2D eigenvalue weighted by molar-refractivity contribution is -0.187. The molecule has 0 rings (SSSR count). The summed E-state index contributed by atoms with van der Waals surface area (Å²) in [4.78, 5) is 21.7. The van der Waals surface area contributed by atoms with Crippen molar-refractivity contribution in [2.75, 3.05) is 6.54 Å².